The molecule has 0 saturated heterocycles. The van der Waals surface area contributed by atoms with E-state index in [2.05, 4.69) is 11.4 Å². The molecule has 0 unspecified atom stereocenters. The Morgan fingerprint density at radius 3 is 2.12 bits per heavy atom. The quantitative estimate of drug-likeness (QED) is 0.871. The third-order valence-corrected chi connectivity index (χ3v) is 3.15. The zero-order chi connectivity index (χ0) is 12.4. The summed E-state index contributed by atoms with van der Waals surface area (Å²) in [6.07, 6.45) is 1.16. The lowest BCUT2D eigenvalue weighted by molar-refractivity contribution is 0.602. The Bertz CT molecular complexity index is 510. The van der Waals surface area contributed by atoms with Crippen LogP contribution in [0.5, 0.6) is 0 Å². The standard InChI is InChI=1S/C11H14N2O2S/c1-11(2,8-12)13-9-4-6-10(7-5-9)16(3,14)15/h4-7,13H,1-3H3. The van der Waals surface area contributed by atoms with E-state index in [-0.39, 0.29) is 4.90 Å². The van der Waals surface area contributed by atoms with Crippen molar-refractivity contribution in [3.05, 3.63) is 24.3 Å². The van der Waals surface area contributed by atoms with Crippen molar-refractivity contribution >= 4 is 15.5 Å². The zero-order valence-corrected chi connectivity index (χ0v) is 10.3. The molecule has 0 radical (unpaired) electrons. The van der Waals surface area contributed by atoms with Crippen molar-refractivity contribution in [3.8, 4) is 6.07 Å². The average Bonchev–Trinajstić information content (AvgIpc) is 2.16. The highest BCUT2D eigenvalue weighted by atomic mass is 32.2. The number of rotatable bonds is 3. The molecule has 0 amide bonds. The van der Waals surface area contributed by atoms with Gasteiger partial charge >= 0.3 is 0 Å². The van der Waals surface area contributed by atoms with Gasteiger partial charge in [0.1, 0.15) is 5.54 Å². The van der Waals surface area contributed by atoms with E-state index in [0.717, 1.165) is 11.9 Å². The van der Waals surface area contributed by atoms with Crippen LogP contribution in [0.2, 0.25) is 0 Å². The van der Waals surface area contributed by atoms with Gasteiger partial charge in [0.15, 0.2) is 9.84 Å². The number of hydrogen-bond donors (Lipinski definition) is 1. The minimum Gasteiger partial charge on any atom is -0.368 e. The second-order valence-electron chi connectivity index (χ2n) is 4.16. The maximum atomic E-state index is 11.2. The van der Waals surface area contributed by atoms with E-state index in [1.807, 2.05) is 0 Å². The first-order valence-corrected chi connectivity index (χ1v) is 6.63. The highest BCUT2D eigenvalue weighted by Crippen LogP contribution is 2.17. The van der Waals surface area contributed by atoms with Gasteiger partial charge in [-0.3, -0.25) is 0 Å². The molecule has 0 aliphatic heterocycles. The van der Waals surface area contributed by atoms with E-state index < -0.39 is 15.4 Å². The predicted molar refractivity (Wildman–Crippen MR) is 62.9 cm³/mol. The molecule has 16 heavy (non-hydrogen) atoms. The molecule has 86 valence electrons. The lowest BCUT2D eigenvalue weighted by Crippen LogP contribution is -2.28. The molecule has 1 rings (SSSR count). The van der Waals surface area contributed by atoms with Crippen LogP contribution in [0.3, 0.4) is 0 Å². The Balaban J connectivity index is 2.94. The van der Waals surface area contributed by atoms with Crippen molar-refractivity contribution in [1.29, 1.82) is 5.26 Å². The fraction of sp³-hybridized carbons (Fsp3) is 0.364. The summed E-state index contributed by atoms with van der Waals surface area (Å²) in [5.41, 5.74) is 0.0472. The summed E-state index contributed by atoms with van der Waals surface area (Å²) in [4.78, 5) is 0.271. The molecule has 0 bridgehead atoms. The Kier molecular flexibility index (Phi) is 3.24. The molecule has 0 aromatic heterocycles. The molecule has 0 atom stereocenters. The Morgan fingerprint density at radius 2 is 1.75 bits per heavy atom. The van der Waals surface area contributed by atoms with Crippen LogP contribution >= 0.6 is 0 Å². The molecule has 5 heteroatoms. The van der Waals surface area contributed by atoms with Crippen LogP contribution in [0.15, 0.2) is 29.2 Å². The van der Waals surface area contributed by atoms with Gasteiger partial charge in [-0.15, -0.1) is 0 Å². The van der Waals surface area contributed by atoms with Gasteiger partial charge in [-0.05, 0) is 38.1 Å². The van der Waals surface area contributed by atoms with Crippen molar-refractivity contribution in [2.45, 2.75) is 24.3 Å². The summed E-state index contributed by atoms with van der Waals surface area (Å²) in [6, 6.07) is 8.44. The second kappa shape index (κ2) is 4.14. The molecule has 0 spiro atoms. The van der Waals surface area contributed by atoms with Gasteiger partial charge in [-0.2, -0.15) is 5.26 Å². The van der Waals surface area contributed by atoms with Gasteiger partial charge in [-0.1, -0.05) is 0 Å². The highest BCUT2D eigenvalue weighted by molar-refractivity contribution is 7.90. The molecule has 0 heterocycles. The summed E-state index contributed by atoms with van der Waals surface area (Å²) < 4.78 is 22.4. The van der Waals surface area contributed by atoms with Crippen molar-refractivity contribution in [2.24, 2.45) is 0 Å². The van der Waals surface area contributed by atoms with Crippen LogP contribution in [-0.4, -0.2) is 20.2 Å². The number of nitrogens with one attached hydrogen (secondary N) is 1. The number of nitrogens with zero attached hydrogens (tertiary/aromatic N) is 1. The number of sulfone groups is 1. The van der Waals surface area contributed by atoms with Crippen molar-refractivity contribution in [1.82, 2.24) is 0 Å². The molecule has 4 nitrogen and oxygen atoms in total. The lowest BCUT2D eigenvalue weighted by Gasteiger charge is -2.18. The van der Waals surface area contributed by atoms with E-state index in [1.54, 1.807) is 26.0 Å². The summed E-state index contributed by atoms with van der Waals surface area (Å²) in [5, 5.41) is 11.8. The van der Waals surface area contributed by atoms with Gasteiger partial charge < -0.3 is 5.32 Å². The Morgan fingerprint density at radius 1 is 1.25 bits per heavy atom. The minimum atomic E-state index is -3.16. The topological polar surface area (TPSA) is 70.0 Å². The highest BCUT2D eigenvalue weighted by Gasteiger charge is 2.15. The first kappa shape index (κ1) is 12.5. The molecule has 0 fully saturated rings. The van der Waals surface area contributed by atoms with E-state index >= 15 is 0 Å². The van der Waals surface area contributed by atoms with Crippen molar-refractivity contribution < 1.29 is 8.42 Å². The van der Waals surface area contributed by atoms with E-state index in [0.29, 0.717) is 0 Å². The molecule has 0 saturated carbocycles. The largest absolute Gasteiger partial charge is 0.368 e. The first-order chi connectivity index (χ1) is 7.24. The Hall–Kier alpha value is -1.54. The van der Waals surface area contributed by atoms with Gasteiger partial charge in [0.05, 0.1) is 11.0 Å². The maximum Gasteiger partial charge on any atom is 0.175 e. The van der Waals surface area contributed by atoms with Crippen LogP contribution in [-0.2, 0) is 9.84 Å². The monoisotopic (exact) mass is 238 g/mol. The Labute approximate surface area is 95.8 Å². The average molecular weight is 238 g/mol. The summed E-state index contributed by atoms with van der Waals surface area (Å²) >= 11 is 0. The van der Waals surface area contributed by atoms with Crippen LogP contribution in [0.1, 0.15) is 13.8 Å². The second-order valence-corrected chi connectivity index (χ2v) is 6.17. The van der Waals surface area contributed by atoms with Crippen LogP contribution in [0, 0.1) is 11.3 Å². The fourth-order valence-corrected chi connectivity index (χ4v) is 1.80. The zero-order valence-electron chi connectivity index (χ0n) is 9.48. The number of anilines is 1. The van der Waals surface area contributed by atoms with Gasteiger partial charge in [0.2, 0.25) is 0 Å². The van der Waals surface area contributed by atoms with Crippen molar-refractivity contribution in [3.63, 3.8) is 0 Å². The lowest BCUT2D eigenvalue weighted by atomic mass is 10.1. The summed E-state index contributed by atoms with van der Waals surface area (Å²) in [6.45, 7) is 3.49. The van der Waals surface area contributed by atoms with Crippen LogP contribution in [0.4, 0.5) is 5.69 Å². The number of benzene rings is 1. The molecule has 0 aliphatic carbocycles. The normalized spacial score (nSPS) is 11.9. The maximum absolute atomic E-state index is 11.2. The smallest absolute Gasteiger partial charge is 0.175 e. The van der Waals surface area contributed by atoms with E-state index in [9.17, 15) is 8.42 Å². The molecular formula is C11H14N2O2S. The first-order valence-electron chi connectivity index (χ1n) is 4.74. The summed E-state index contributed by atoms with van der Waals surface area (Å²) in [7, 11) is -3.16. The van der Waals surface area contributed by atoms with E-state index in [4.69, 9.17) is 5.26 Å². The predicted octanol–water partition coefficient (Wildman–Crippen LogP) is 1.80. The SMILES string of the molecule is CC(C)(C#N)Nc1ccc(S(C)(=O)=O)cc1. The van der Waals surface area contributed by atoms with Gasteiger partial charge in [0.25, 0.3) is 0 Å². The van der Waals surface area contributed by atoms with Crippen LogP contribution < -0.4 is 5.32 Å². The third kappa shape index (κ3) is 3.24. The third-order valence-electron chi connectivity index (χ3n) is 2.02. The van der Waals surface area contributed by atoms with E-state index in [1.165, 1.54) is 12.1 Å². The van der Waals surface area contributed by atoms with Crippen molar-refractivity contribution in [2.75, 3.05) is 11.6 Å². The number of nitriles is 1. The molecule has 0 aliphatic rings. The molecular weight excluding hydrogens is 224 g/mol. The molecule has 1 aromatic carbocycles. The van der Waals surface area contributed by atoms with Crippen LogP contribution in [0.25, 0.3) is 0 Å². The van der Waals surface area contributed by atoms with Gasteiger partial charge in [-0.25, -0.2) is 8.42 Å². The number of hydrogen-bond acceptors (Lipinski definition) is 4. The molecule has 1 aromatic rings. The fourth-order valence-electron chi connectivity index (χ4n) is 1.17. The molecule has 1 N–H and O–H groups in total. The summed E-state index contributed by atoms with van der Waals surface area (Å²) in [5.74, 6) is 0. The minimum absolute atomic E-state index is 0.271. The van der Waals surface area contributed by atoms with Gasteiger partial charge in [0, 0.05) is 11.9 Å².